The van der Waals surface area contributed by atoms with Gasteiger partial charge >= 0.3 is 0 Å². The minimum Gasteiger partial charge on any atom is -0.290 e. The summed E-state index contributed by atoms with van der Waals surface area (Å²) in [6.45, 7) is 1.91. The lowest BCUT2D eigenvalue weighted by Crippen LogP contribution is -2.33. The van der Waals surface area contributed by atoms with Crippen LogP contribution >= 0.6 is 11.6 Å². The van der Waals surface area contributed by atoms with Gasteiger partial charge in [-0.25, -0.2) is 0 Å². The Labute approximate surface area is 147 Å². The molecule has 1 atom stereocenters. The van der Waals surface area contributed by atoms with Crippen LogP contribution in [0.25, 0.3) is 10.9 Å². The third kappa shape index (κ3) is 2.80. The van der Waals surface area contributed by atoms with Gasteiger partial charge in [0, 0.05) is 37.4 Å². The van der Waals surface area contributed by atoms with Crippen molar-refractivity contribution in [2.24, 2.45) is 7.05 Å². The zero-order valence-electron chi connectivity index (χ0n) is 13.8. The minimum atomic E-state index is 0.409. The molecule has 1 aliphatic heterocycles. The number of piperidine rings is 1. The summed E-state index contributed by atoms with van der Waals surface area (Å²) < 4.78 is 1.93. The van der Waals surface area contributed by atoms with E-state index in [1.807, 2.05) is 42.3 Å². The number of aromatic nitrogens is 3. The molecule has 0 spiro atoms. The Kier molecular flexibility index (Phi) is 4.25. The second-order valence-corrected chi connectivity index (χ2v) is 6.88. The summed E-state index contributed by atoms with van der Waals surface area (Å²) in [7, 11) is 1.98. The highest BCUT2D eigenvalue weighted by molar-refractivity contribution is 6.35. The predicted octanol–water partition coefficient (Wildman–Crippen LogP) is 4.35. The first-order valence-electron chi connectivity index (χ1n) is 8.48. The van der Waals surface area contributed by atoms with E-state index in [1.165, 1.54) is 24.8 Å². The SMILES string of the molecule is Cn1nc(CN2CCCC[C@H]2c2cccnc2)c2c(Cl)cccc21. The van der Waals surface area contributed by atoms with Crippen LogP contribution in [-0.2, 0) is 13.6 Å². The van der Waals surface area contributed by atoms with Crippen LogP contribution in [0.2, 0.25) is 5.02 Å². The summed E-state index contributed by atoms with van der Waals surface area (Å²) in [4.78, 5) is 6.82. The van der Waals surface area contributed by atoms with E-state index in [1.54, 1.807) is 0 Å². The van der Waals surface area contributed by atoms with E-state index in [9.17, 15) is 0 Å². The maximum Gasteiger partial charge on any atom is 0.0858 e. The van der Waals surface area contributed by atoms with E-state index in [2.05, 4.69) is 22.0 Å². The zero-order chi connectivity index (χ0) is 16.5. The van der Waals surface area contributed by atoms with Gasteiger partial charge in [-0.15, -0.1) is 0 Å². The summed E-state index contributed by atoms with van der Waals surface area (Å²) in [6, 6.07) is 10.6. The average Bonchev–Trinajstić information content (AvgIpc) is 2.93. The van der Waals surface area contributed by atoms with E-state index < -0.39 is 0 Å². The van der Waals surface area contributed by atoms with Crippen LogP contribution in [0.15, 0.2) is 42.7 Å². The van der Waals surface area contributed by atoms with Gasteiger partial charge in [-0.05, 0) is 43.1 Å². The molecule has 0 amide bonds. The molecule has 3 heterocycles. The maximum absolute atomic E-state index is 6.46. The van der Waals surface area contributed by atoms with Gasteiger partial charge in [-0.2, -0.15) is 5.10 Å². The molecule has 124 valence electrons. The second kappa shape index (κ2) is 6.54. The van der Waals surface area contributed by atoms with Crippen LogP contribution in [0.3, 0.4) is 0 Å². The summed E-state index contributed by atoms with van der Waals surface area (Å²) in [5, 5.41) is 6.61. The number of nitrogens with zero attached hydrogens (tertiary/aromatic N) is 4. The van der Waals surface area contributed by atoms with Crippen molar-refractivity contribution >= 4 is 22.5 Å². The van der Waals surface area contributed by atoms with Gasteiger partial charge in [0.25, 0.3) is 0 Å². The molecule has 1 aliphatic rings. The Hall–Kier alpha value is -1.91. The van der Waals surface area contributed by atoms with Crippen molar-refractivity contribution in [3.8, 4) is 0 Å². The lowest BCUT2D eigenvalue weighted by Gasteiger charge is -2.35. The first-order valence-corrected chi connectivity index (χ1v) is 8.86. The summed E-state index contributed by atoms with van der Waals surface area (Å²) >= 11 is 6.46. The number of rotatable bonds is 3. The van der Waals surface area contributed by atoms with Gasteiger partial charge < -0.3 is 0 Å². The zero-order valence-corrected chi connectivity index (χ0v) is 14.6. The van der Waals surface area contributed by atoms with Crippen molar-refractivity contribution in [2.75, 3.05) is 6.54 Å². The molecule has 0 unspecified atom stereocenters. The van der Waals surface area contributed by atoms with Crippen molar-refractivity contribution < 1.29 is 0 Å². The molecular weight excluding hydrogens is 320 g/mol. The minimum absolute atomic E-state index is 0.409. The fourth-order valence-electron chi connectivity index (χ4n) is 3.79. The molecule has 24 heavy (non-hydrogen) atoms. The molecule has 0 radical (unpaired) electrons. The number of aryl methyl sites for hydroxylation is 1. The number of hydrogen-bond donors (Lipinski definition) is 0. The van der Waals surface area contributed by atoms with Crippen LogP contribution in [0, 0.1) is 0 Å². The number of likely N-dealkylation sites (tertiary alicyclic amines) is 1. The Morgan fingerprint density at radius 1 is 1.21 bits per heavy atom. The molecular formula is C19H21ClN4. The number of pyridine rings is 1. The number of hydrogen-bond acceptors (Lipinski definition) is 3. The van der Waals surface area contributed by atoms with E-state index in [4.69, 9.17) is 16.7 Å². The fourth-order valence-corrected chi connectivity index (χ4v) is 4.07. The van der Waals surface area contributed by atoms with E-state index >= 15 is 0 Å². The number of halogens is 1. The van der Waals surface area contributed by atoms with Crippen molar-refractivity contribution in [1.82, 2.24) is 19.7 Å². The maximum atomic E-state index is 6.46. The molecule has 0 N–H and O–H groups in total. The topological polar surface area (TPSA) is 34.0 Å². The largest absolute Gasteiger partial charge is 0.290 e. The summed E-state index contributed by atoms with van der Waals surface area (Å²) in [5.74, 6) is 0. The quantitative estimate of drug-likeness (QED) is 0.710. The first-order chi connectivity index (χ1) is 11.7. The smallest absolute Gasteiger partial charge is 0.0858 e. The van der Waals surface area contributed by atoms with Gasteiger partial charge in [0.1, 0.15) is 0 Å². The number of fused-ring (bicyclic) bond motifs is 1. The Balaban J connectivity index is 1.69. The van der Waals surface area contributed by atoms with Crippen LogP contribution in [0.1, 0.15) is 36.6 Å². The third-order valence-electron chi connectivity index (χ3n) is 4.94. The molecule has 5 heteroatoms. The lowest BCUT2D eigenvalue weighted by atomic mass is 9.96. The first kappa shape index (κ1) is 15.6. The van der Waals surface area contributed by atoms with Crippen molar-refractivity contribution in [1.29, 1.82) is 0 Å². The van der Waals surface area contributed by atoms with Gasteiger partial charge in [0.05, 0.1) is 16.2 Å². The average molecular weight is 341 g/mol. The lowest BCUT2D eigenvalue weighted by molar-refractivity contribution is 0.138. The molecule has 4 rings (SSSR count). The van der Waals surface area contributed by atoms with Crippen molar-refractivity contribution in [2.45, 2.75) is 31.8 Å². The van der Waals surface area contributed by atoms with Crippen LogP contribution in [0.4, 0.5) is 0 Å². The molecule has 2 aromatic heterocycles. The normalized spacial score (nSPS) is 19.0. The molecule has 4 nitrogen and oxygen atoms in total. The third-order valence-corrected chi connectivity index (χ3v) is 5.25. The van der Waals surface area contributed by atoms with Crippen LogP contribution in [-0.4, -0.2) is 26.2 Å². The molecule has 1 fully saturated rings. The molecule has 0 aliphatic carbocycles. The van der Waals surface area contributed by atoms with Crippen molar-refractivity contribution in [3.63, 3.8) is 0 Å². The highest BCUT2D eigenvalue weighted by Gasteiger charge is 2.26. The standard InChI is InChI=1S/C19H21ClN4/c1-23-18-9-4-7-15(20)19(18)16(22-23)13-24-11-3-2-8-17(24)14-6-5-10-21-12-14/h4-7,9-10,12,17H,2-3,8,11,13H2,1H3/t17-/m0/s1. The highest BCUT2D eigenvalue weighted by atomic mass is 35.5. The van der Waals surface area contributed by atoms with Gasteiger partial charge in [-0.1, -0.05) is 30.2 Å². The monoisotopic (exact) mass is 340 g/mol. The predicted molar refractivity (Wildman–Crippen MR) is 97.0 cm³/mol. The summed E-state index contributed by atoms with van der Waals surface area (Å²) in [5.41, 5.74) is 3.45. The molecule has 1 aromatic carbocycles. The Morgan fingerprint density at radius 3 is 2.96 bits per heavy atom. The Morgan fingerprint density at radius 2 is 2.12 bits per heavy atom. The van der Waals surface area contributed by atoms with E-state index in [-0.39, 0.29) is 0 Å². The van der Waals surface area contributed by atoms with E-state index in [0.29, 0.717) is 6.04 Å². The second-order valence-electron chi connectivity index (χ2n) is 6.47. The molecule has 1 saturated heterocycles. The number of benzene rings is 1. The summed E-state index contributed by atoms with van der Waals surface area (Å²) in [6.07, 6.45) is 7.49. The van der Waals surface area contributed by atoms with Gasteiger partial charge in [0.15, 0.2) is 0 Å². The van der Waals surface area contributed by atoms with Crippen LogP contribution in [0.5, 0.6) is 0 Å². The Bertz CT molecular complexity index is 843. The van der Waals surface area contributed by atoms with Crippen LogP contribution < -0.4 is 0 Å². The van der Waals surface area contributed by atoms with E-state index in [0.717, 1.165) is 34.7 Å². The van der Waals surface area contributed by atoms with Gasteiger partial charge in [-0.3, -0.25) is 14.6 Å². The molecule has 3 aromatic rings. The molecule has 0 bridgehead atoms. The van der Waals surface area contributed by atoms with Gasteiger partial charge in [0.2, 0.25) is 0 Å². The van der Waals surface area contributed by atoms with Crippen molar-refractivity contribution in [3.05, 3.63) is 59.0 Å². The highest BCUT2D eigenvalue weighted by Crippen LogP contribution is 2.34. The fraction of sp³-hybridized carbons (Fsp3) is 0.368. The molecule has 0 saturated carbocycles.